The molecule has 0 radical (unpaired) electrons. The maximum Gasteiger partial charge on any atom is 0.0760 e. The lowest BCUT2D eigenvalue weighted by atomic mass is 9.88. The average Bonchev–Trinajstić information content (AvgIpc) is 2.14. The molecule has 14 heavy (non-hydrogen) atoms. The summed E-state index contributed by atoms with van der Waals surface area (Å²) in [5, 5.41) is 0. The topological polar surface area (TPSA) is 18.5 Å². The van der Waals surface area contributed by atoms with Crippen molar-refractivity contribution in [3.63, 3.8) is 0 Å². The predicted molar refractivity (Wildman–Crippen MR) is 61.4 cm³/mol. The summed E-state index contributed by atoms with van der Waals surface area (Å²) in [5.74, 6) is 0.584. The molecule has 1 saturated heterocycles. The molecule has 1 aliphatic heterocycles. The van der Waals surface area contributed by atoms with Crippen LogP contribution in [0.4, 0.5) is 0 Å². The average molecular weight is 216 g/mol. The Bertz CT molecular complexity index is 180. The number of hydrogen-bond donors (Lipinski definition) is 1. The van der Waals surface area contributed by atoms with Crippen LogP contribution < -0.4 is 0 Å². The molecule has 1 aliphatic rings. The third kappa shape index (κ3) is 3.30. The second kappa shape index (κ2) is 5.79. The van der Waals surface area contributed by atoms with Crippen molar-refractivity contribution in [2.75, 3.05) is 6.61 Å². The molecule has 1 rings (SSSR count). The molecule has 1 heterocycles. The zero-order valence-electron chi connectivity index (χ0n) is 9.03. The molecule has 82 valence electrons. The van der Waals surface area contributed by atoms with Gasteiger partial charge in [0.15, 0.2) is 0 Å². The zero-order chi connectivity index (χ0) is 10.6. The van der Waals surface area contributed by atoms with Gasteiger partial charge in [-0.15, -0.1) is 0 Å². The largest absolute Gasteiger partial charge is 0.371 e. The van der Waals surface area contributed by atoms with E-state index in [0.717, 1.165) is 19.3 Å². The van der Waals surface area contributed by atoms with E-state index >= 15 is 0 Å². The molecule has 0 amide bonds. The van der Waals surface area contributed by atoms with Crippen LogP contribution in [-0.4, -0.2) is 18.8 Å². The number of rotatable bonds is 4. The molecule has 3 atom stereocenters. The molecule has 0 aromatic carbocycles. The third-order valence-electron chi connectivity index (χ3n) is 2.93. The van der Waals surface area contributed by atoms with Gasteiger partial charge in [0.05, 0.1) is 18.8 Å². The molecule has 0 bridgehead atoms. The van der Waals surface area contributed by atoms with E-state index in [1.165, 1.54) is 5.57 Å². The van der Waals surface area contributed by atoms with Gasteiger partial charge in [-0.25, -0.2) is 0 Å². The Labute approximate surface area is 92.3 Å². The van der Waals surface area contributed by atoms with Gasteiger partial charge in [-0.2, -0.15) is 0 Å². The van der Waals surface area contributed by atoms with Gasteiger partial charge in [-0.05, 0) is 50.6 Å². The van der Waals surface area contributed by atoms with E-state index in [-0.39, 0.29) is 6.10 Å². The molecule has 3 heteroatoms. The van der Waals surface area contributed by atoms with Crippen molar-refractivity contribution in [2.24, 2.45) is 5.92 Å². The van der Waals surface area contributed by atoms with Gasteiger partial charge in [0.25, 0.3) is 0 Å². The molecule has 0 aliphatic carbocycles. The Morgan fingerprint density at radius 1 is 1.57 bits per heavy atom. The summed E-state index contributed by atoms with van der Waals surface area (Å²) in [6.07, 6.45) is 3.74. The van der Waals surface area contributed by atoms with Gasteiger partial charge in [0, 0.05) is 0 Å². The van der Waals surface area contributed by atoms with Gasteiger partial charge in [0.2, 0.25) is 0 Å². The van der Waals surface area contributed by atoms with E-state index in [1.807, 2.05) is 0 Å². The van der Waals surface area contributed by atoms with Gasteiger partial charge >= 0.3 is 0 Å². The molecule has 1 fully saturated rings. The van der Waals surface area contributed by atoms with E-state index in [1.54, 1.807) is 0 Å². The molecule has 0 N–H and O–H groups in total. The molecule has 0 spiro atoms. The van der Waals surface area contributed by atoms with Crippen LogP contribution in [0.3, 0.4) is 0 Å². The number of thiol groups is 1. The van der Waals surface area contributed by atoms with Crippen LogP contribution in [0.2, 0.25) is 0 Å². The Morgan fingerprint density at radius 2 is 2.29 bits per heavy atom. The minimum absolute atomic E-state index is 0.209. The summed E-state index contributed by atoms with van der Waals surface area (Å²) >= 11 is 3.71. The van der Waals surface area contributed by atoms with Gasteiger partial charge in [0.1, 0.15) is 0 Å². The van der Waals surface area contributed by atoms with Crippen LogP contribution in [0.1, 0.15) is 33.1 Å². The molecule has 0 aromatic heterocycles. The highest BCUT2D eigenvalue weighted by molar-refractivity contribution is 7.75. The predicted octanol–water partition coefficient (Wildman–Crippen LogP) is 3.00. The van der Waals surface area contributed by atoms with Crippen molar-refractivity contribution in [1.29, 1.82) is 0 Å². The lowest BCUT2D eigenvalue weighted by molar-refractivity contribution is -0.0293. The van der Waals surface area contributed by atoms with Crippen molar-refractivity contribution in [2.45, 2.75) is 45.3 Å². The van der Waals surface area contributed by atoms with Gasteiger partial charge in [-0.3, -0.25) is 0 Å². The van der Waals surface area contributed by atoms with Crippen molar-refractivity contribution in [1.82, 2.24) is 0 Å². The molecular weight excluding hydrogens is 196 g/mol. The monoisotopic (exact) mass is 216 g/mol. The third-order valence-corrected chi connectivity index (χ3v) is 3.11. The van der Waals surface area contributed by atoms with Crippen molar-refractivity contribution < 1.29 is 8.92 Å². The normalized spacial score (nSPS) is 33.4. The van der Waals surface area contributed by atoms with Crippen LogP contribution in [0, 0.1) is 5.92 Å². The van der Waals surface area contributed by atoms with E-state index in [0.29, 0.717) is 18.6 Å². The fraction of sp³-hybridized carbons (Fsp3) is 0.818. The maximum atomic E-state index is 5.84. The second-order valence-corrected chi connectivity index (χ2v) is 4.35. The van der Waals surface area contributed by atoms with Gasteiger partial charge < -0.3 is 8.92 Å². The van der Waals surface area contributed by atoms with E-state index in [2.05, 4.69) is 33.3 Å². The van der Waals surface area contributed by atoms with E-state index in [9.17, 15) is 0 Å². The van der Waals surface area contributed by atoms with Crippen molar-refractivity contribution in [3.8, 4) is 0 Å². The number of ether oxygens (including phenoxy) is 1. The van der Waals surface area contributed by atoms with E-state index < -0.39 is 0 Å². The first-order valence-electron chi connectivity index (χ1n) is 5.25. The highest BCUT2D eigenvalue weighted by Gasteiger charge is 2.26. The summed E-state index contributed by atoms with van der Waals surface area (Å²) in [6, 6.07) is 0. The first-order chi connectivity index (χ1) is 6.65. The minimum Gasteiger partial charge on any atom is -0.371 e. The Hall–Kier alpha value is 0.01000. The minimum atomic E-state index is 0.209. The summed E-state index contributed by atoms with van der Waals surface area (Å²) < 4.78 is 10.6. The number of hydrogen-bond acceptors (Lipinski definition) is 3. The highest BCUT2D eigenvalue weighted by atomic mass is 32.1. The lowest BCUT2D eigenvalue weighted by Gasteiger charge is -2.34. The summed E-state index contributed by atoms with van der Waals surface area (Å²) in [5.41, 5.74) is 1.23. The van der Waals surface area contributed by atoms with Crippen LogP contribution in [0.5, 0.6) is 0 Å². The zero-order valence-corrected chi connectivity index (χ0v) is 9.93. The fourth-order valence-electron chi connectivity index (χ4n) is 1.94. The summed E-state index contributed by atoms with van der Waals surface area (Å²) in [4.78, 5) is 0. The molecule has 1 unspecified atom stereocenters. The summed E-state index contributed by atoms with van der Waals surface area (Å²) in [7, 11) is 0. The Balaban J connectivity index is 2.30. The fourth-order valence-corrected chi connectivity index (χ4v) is 2.07. The maximum absolute atomic E-state index is 5.84. The SMILES string of the molecule is C=C1[C@H](C)CC(CCCOS)O[C@@H]1C. The molecule has 2 nitrogen and oxygen atoms in total. The van der Waals surface area contributed by atoms with Crippen LogP contribution in [0.15, 0.2) is 12.2 Å². The van der Waals surface area contributed by atoms with Crippen LogP contribution in [0.25, 0.3) is 0 Å². The molecule has 0 aromatic rings. The Morgan fingerprint density at radius 3 is 2.86 bits per heavy atom. The second-order valence-electron chi connectivity index (χ2n) is 4.09. The summed E-state index contributed by atoms with van der Waals surface area (Å²) in [6.45, 7) is 9.06. The molecular formula is C11H20O2S. The first-order valence-corrected chi connectivity index (χ1v) is 5.62. The Kier molecular flexibility index (Phi) is 4.99. The van der Waals surface area contributed by atoms with Crippen molar-refractivity contribution in [3.05, 3.63) is 12.2 Å². The first kappa shape index (κ1) is 12.1. The van der Waals surface area contributed by atoms with E-state index in [4.69, 9.17) is 8.92 Å². The molecule has 0 saturated carbocycles. The van der Waals surface area contributed by atoms with Gasteiger partial charge in [-0.1, -0.05) is 13.5 Å². The van der Waals surface area contributed by atoms with Crippen LogP contribution in [-0.2, 0) is 8.92 Å². The lowest BCUT2D eigenvalue weighted by Crippen LogP contribution is -2.32. The quantitative estimate of drug-likeness (QED) is 0.337. The van der Waals surface area contributed by atoms with Crippen LogP contribution >= 0.6 is 12.9 Å². The standard InChI is InChI=1S/C11H20O2S/c1-8-7-11(5-4-6-12-14)13-10(3)9(8)2/h8,10-11,14H,2,4-7H2,1,3H3/t8-,10-,11?/m1/s1. The smallest absolute Gasteiger partial charge is 0.0760 e. The highest BCUT2D eigenvalue weighted by Crippen LogP contribution is 2.30. The van der Waals surface area contributed by atoms with Crippen molar-refractivity contribution >= 4 is 12.9 Å².